The lowest BCUT2D eigenvalue weighted by Crippen LogP contribution is -2.52. The minimum absolute atomic E-state index is 0.0563. The molecule has 21 heavy (non-hydrogen) atoms. The van der Waals surface area contributed by atoms with Crippen molar-refractivity contribution < 1.29 is 9.53 Å². The van der Waals surface area contributed by atoms with Crippen LogP contribution in [0.25, 0.3) is 0 Å². The van der Waals surface area contributed by atoms with Crippen LogP contribution in [0.3, 0.4) is 0 Å². The topological polar surface area (TPSA) is 60.2 Å². The molecule has 6 nitrogen and oxygen atoms in total. The van der Waals surface area contributed by atoms with Crippen LogP contribution in [0.4, 0.5) is 0 Å². The Labute approximate surface area is 123 Å². The van der Waals surface area contributed by atoms with Crippen LogP contribution in [0.15, 0.2) is 43.0 Å². The zero-order valence-corrected chi connectivity index (χ0v) is 11.8. The van der Waals surface area contributed by atoms with Gasteiger partial charge in [-0.1, -0.05) is 30.3 Å². The standard InChI is InChI=1S/C15H18N4O2/c20-15(10-21-9-13-4-2-1-3-5-13)18-6-14(7-18)8-19-12-16-11-17-19/h1-5,11-12,14H,6-10H2. The first-order valence-electron chi connectivity index (χ1n) is 7.03. The first kappa shape index (κ1) is 13.8. The number of amides is 1. The van der Waals surface area contributed by atoms with Crippen molar-refractivity contribution in [2.45, 2.75) is 13.2 Å². The van der Waals surface area contributed by atoms with E-state index in [9.17, 15) is 4.79 Å². The van der Waals surface area contributed by atoms with Crippen LogP contribution in [0, 0.1) is 5.92 Å². The van der Waals surface area contributed by atoms with E-state index in [0.29, 0.717) is 12.5 Å². The van der Waals surface area contributed by atoms with Crippen LogP contribution in [-0.2, 0) is 22.7 Å². The molecule has 2 heterocycles. The van der Waals surface area contributed by atoms with E-state index in [1.54, 1.807) is 11.0 Å². The van der Waals surface area contributed by atoms with Gasteiger partial charge in [0.15, 0.2) is 0 Å². The number of benzene rings is 1. The molecule has 0 saturated carbocycles. The Balaban J connectivity index is 1.34. The highest BCUT2D eigenvalue weighted by molar-refractivity contribution is 5.78. The lowest BCUT2D eigenvalue weighted by atomic mass is 10.0. The van der Waals surface area contributed by atoms with E-state index in [-0.39, 0.29) is 12.5 Å². The first-order valence-corrected chi connectivity index (χ1v) is 7.03. The summed E-state index contributed by atoms with van der Waals surface area (Å²) in [5.41, 5.74) is 1.08. The van der Waals surface area contributed by atoms with Crippen molar-refractivity contribution in [3.05, 3.63) is 48.5 Å². The van der Waals surface area contributed by atoms with Gasteiger partial charge in [-0.15, -0.1) is 0 Å². The fourth-order valence-corrected chi connectivity index (χ4v) is 2.40. The van der Waals surface area contributed by atoms with Crippen molar-refractivity contribution in [1.29, 1.82) is 0 Å². The molecule has 1 aliphatic heterocycles. The summed E-state index contributed by atoms with van der Waals surface area (Å²) in [7, 11) is 0. The van der Waals surface area contributed by atoms with E-state index >= 15 is 0 Å². The normalized spacial score (nSPS) is 15.0. The second kappa shape index (κ2) is 6.49. The molecule has 0 unspecified atom stereocenters. The number of hydrogen-bond donors (Lipinski definition) is 0. The second-order valence-corrected chi connectivity index (χ2v) is 5.26. The molecule has 1 aromatic heterocycles. The van der Waals surface area contributed by atoms with Crippen molar-refractivity contribution >= 4 is 5.91 Å². The van der Waals surface area contributed by atoms with Crippen LogP contribution >= 0.6 is 0 Å². The fourth-order valence-electron chi connectivity index (χ4n) is 2.40. The molecule has 0 aliphatic carbocycles. The second-order valence-electron chi connectivity index (χ2n) is 5.26. The maximum absolute atomic E-state index is 11.9. The number of aromatic nitrogens is 3. The molecule has 110 valence electrons. The van der Waals surface area contributed by atoms with E-state index in [1.807, 2.05) is 35.2 Å². The van der Waals surface area contributed by atoms with Crippen molar-refractivity contribution in [2.75, 3.05) is 19.7 Å². The molecule has 2 aromatic rings. The third kappa shape index (κ3) is 3.66. The summed E-state index contributed by atoms with van der Waals surface area (Å²) in [4.78, 5) is 17.7. The van der Waals surface area contributed by atoms with Crippen LogP contribution in [0.1, 0.15) is 5.56 Å². The van der Waals surface area contributed by atoms with E-state index in [0.717, 1.165) is 25.2 Å². The Hall–Kier alpha value is -2.21. The van der Waals surface area contributed by atoms with Crippen molar-refractivity contribution in [3.8, 4) is 0 Å². The van der Waals surface area contributed by atoms with Gasteiger partial charge in [0.05, 0.1) is 6.61 Å². The van der Waals surface area contributed by atoms with Gasteiger partial charge in [-0.2, -0.15) is 5.10 Å². The van der Waals surface area contributed by atoms with E-state index in [2.05, 4.69) is 10.1 Å². The van der Waals surface area contributed by atoms with Gasteiger partial charge >= 0.3 is 0 Å². The molecule has 0 bridgehead atoms. The number of carbonyl (C=O) groups is 1. The summed E-state index contributed by atoms with van der Waals surface area (Å²) < 4.78 is 7.26. The Morgan fingerprint density at radius 3 is 2.81 bits per heavy atom. The minimum Gasteiger partial charge on any atom is -0.367 e. The van der Waals surface area contributed by atoms with Gasteiger partial charge in [0.2, 0.25) is 5.91 Å². The third-order valence-electron chi connectivity index (χ3n) is 3.56. The molecule has 3 rings (SSSR count). The highest BCUT2D eigenvalue weighted by atomic mass is 16.5. The zero-order chi connectivity index (χ0) is 14.5. The Morgan fingerprint density at radius 1 is 1.29 bits per heavy atom. The number of ether oxygens (including phenoxy) is 1. The number of likely N-dealkylation sites (tertiary alicyclic amines) is 1. The minimum atomic E-state index is 0.0563. The van der Waals surface area contributed by atoms with Crippen LogP contribution in [-0.4, -0.2) is 45.3 Å². The monoisotopic (exact) mass is 286 g/mol. The fraction of sp³-hybridized carbons (Fsp3) is 0.400. The molecule has 0 radical (unpaired) electrons. The average Bonchev–Trinajstić information content (AvgIpc) is 2.96. The van der Waals surface area contributed by atoms with Gasteiger partial charge in [0, 0.05) is 25.6 Å². The van der Waals surface area contributed by atoms with Gasteiger partial charge in [-0.05, 0) is 5.56 Å². The third-order valence-corrected chi connectivity index (χ3v) is 3.56. The molecule has 1 aromatic carbocycles. The molecular weight excluding hydrogens is 268 g/mol. The number of rotatable bonds is 6. The smallest absolute Gasteiger partial charge is 0.248 e. The summed E-state index contributed by atoms with van der Waals surface area (Å²) in [6, 6.07) is 9.86. The molecule has 6 heteroatoms. The molecule has 1 amide bonds. The molecular formula is C15H18N4O2. The highest BCUT2D eigenvalue weighted by Gasteiger charge is 2.30. The maximum atomic E-state index is 11.9. The lowest BCUT2D eigenvalue weighted by Gasteiger charge is -2.39. The molecule has 1 aliphatic rings. The molecule has 1 fully saturated rings. The van der Waals surface area contributed by atoms with Crippen molar-refractivity contribution in [1.82, 2.24) is 19.7 Å². The van der Waals surface area contributed by atoms with Gasteiger partial charge in [-0.3, -0.25) is 9.48 Å². The molecule has 0 N–H and O–H groups in total. The van der Waals surface area contributed by atoms with Gasteiger partial charge in [0.1, 0.15) is 19.3 Å². The first-order chi connectivity index (χ1) is 10.3. The quantitative estimate of drug-likeness (QED) is 0.793. The average molecular weight is 286 g/mol. The Morgan fingerprint density at radius 2 is 2.10 bits per heavy atom. The SMILES string of the molecule is O=C(COCc1ccccc1)N1CC(Cn2cncn2)C1. The van der Waals surface area contributed by atoms with E-state index in [4.69, 9.17) is 4.74 Å². The predicted molar refractivity (Wildman–Crippen MR) is 76.2 cm³/mol. The summed E-state index contributed by atoms with van der Waals surface area (Å²) in [5, 5.41) is 4.07. The van der Waals surface area contributed by atoms with Gasteiger partial charge < -0.3 is 9.64 Å². The van der Waals surface area contributed by atoms with E-state index in [1.165, 1.54) is 6.33 Å². The zero-order valence-electron chi connectivity index (χ0n) is 11.8. The molecule has 0 spiro atoms. The van der Waals surface area contributed by atoms with Crippen molar-refractivity contribution in [2.24, 2.45) is 5.92 Å². The number of nitrogens with zero attached hydrogens (tertiary/aromatic N) is 4. The van der Waals surface area contributed by atoms with Crippen LogP contribution < -0.4 is 0 Å². The largest absolute Gasteiger partial charge is 0.367 e. The maximum Gasteiger partial charge on any atom is 0.248 e. The highest BCUT2D eigenvalue weighted by Crippen LogP contribution is 2.17. The van der Waals surface area contributed by atoms with Crippen LogP contribution in [0.5, 0.6) is 0 Å². The number of carbonyl (C=O) groups excluding carboxylic acids is 1. The lowest BCUT2D eigenvalue weighted by molar-refractivity contribution is -0.143. The molecule has 1 saturated heterocycles. The van der Waals surface area contributed by atoms with Gasteiger partial charge in [0.25, 0.3) is 0 Å². The summed E-state index contributed by atoms with van der Waals surface area (Å²) in [6.07, 6.45) is 3.23. The van der Waals surface area contributed by atoms with E-state index < -0.39 is 0 Å². The summed E-state index contributed by atoms with van der Waals surface area (Å²) in [5.74, 6) is 0.519. The number of hydrogen-bond acceptors (Lipinski definition) is 4. The van der Waals surface area contributed by atoms with Crippen molar-refractivity contribution in [3.63, 3.8) is 0 Å². The predicted octanol–water partition coefficient (Wildman–Crippen LogP) is 0.953. The summed E-state index contributed by atoms with van der Waals surface area (Å²) >= 11 is 0. The Kier molecular flexibility index (Phi) is 4.25. The van der Waals surface area contributed by atoms with Gasteiger partial charge in [-0.25, -0.2) is 4.98 Å². The summed E-state index contributed by atoms with van der Waals surface area (Å²) in [6.45, 7) is 2.98. The molecule has 0 atom stereocenters. The Bertz CT molecular complexity index is 565. The van der Waals surface area contributed by atoms with Crippen LogP contribution in [0.2, 0.25) is 0 Å².